The Bertz CT molecular complexity index is 1330. The van der Waals surface area contributed by atoms with Gasteiger partial charge < -0.3 is 15.4 Å². The Morgan fingerprint density at radius 1 is 1.14 bits per heavy atom. The van der Waals surface area contributed by atoms with Gasteiger partial charge in [0, 0.05) is 36.5 Å². The molecule has 0 saturated carbocycles. The number of hydrogen-bond donors (Lipinski definition) is 3. The fourth-order valence-corrected chi connectivity index (χ4v) is 4.98. The smallest absolute Gasteiger partial charge is 0.326 e. The van der Waals surface area contributed by atoms with Crippen molar-refractivity contribution in [1.29, 1.82) is 0 Å². The highest BCUT2D eigenvalue weighted by molar-refractivity contribution is 8.26. The number of aliphatic carboxylic acids is 1. The van der Waals surface area contributed by atoms with Crippen LogP contribution in [-0.2, 0) is 20.8 Å². The number of rotatable bonds is 9. The highest BCUT2D eigenvalue weighted by Crippen LogP contribution is 2.31. The molecule has 1 aliphatic heterocycles. The monoisotopic (exact) mass is 505 g/mol. The fourth-order valence-electron chi connectivity index (χ4n) is 3.72. The van der Waals surface area contributed by atoms with Crippen molar-refractivity contribution in [3.63, 3.8) is 0 Å². The molecule has 1 atom stereocenters. The van der Waals surface area contributed by atoms with E-state index >= 15 is 0 Å². The summed E-state index contributed by atoms with van der Waals surface area (Å²) in [4.78, 5) is 42.0. The zero-order valence-corrected chi connectivity index (χ0v) is 20.3. The molecule has 178 valence electrons. The average molecular weight is 506 g/mol. The molecule has 2 amide bonds. The second-order valence-corrected chi connectivity index (χ2v) is 9.57. The summed E-state index contributed by atoms with van der Waals surface area (Å²) >= 11 is 6.50. The number of fused-ring (bicyclic) bond motifs is 1. The van der Waals surface area contributed by atoms with Gasteiger partial charge in [-0.25, -0.2) is 4.79 Å². The van der Waals surface area contributed by atoms with Crippen molar-refractivity contribution >= 4 is 63.1 Å². The largest absolute Gasteiger partial charge is 0.480 e. The van der Waals surface area contributed by atoms with Crippen LogP contribution in [0.25, 0.3) is 17.0 Å². The number of carbonyl (C=O) groups excluding carboxylic acids is 2. The maximum Gasteiger partial charge on any atom is 0.326 e. The first-order valence-corrected chi connectivity index (χ1v) is 12.2. The number of aromatic nitrogens is 1. The number of nitrogens with one attached hydrogen (secondary N) is 2. The van der Waals surface area contributed by atoms with E-state index in [9.17, 15) is 19.5 Å². The summed E-state index contributed by atoms with van der Waals surface area (Å²) in [5.74, 6) is -1.85. The lowest BCUT2D eigenvalue weighted by Gasteiger charge is -2.17. The van der Waals surface area contributed by atoms with Crippen molar-refractivity contribution in [1.82, 2.24) is 15.2 Å². The number of allylic oxidation sites excluding steroid dienone is 2. The molecular formula is C26H23N3O4S2. The number of H-pyrrole nitrogens is 1. The second kappa shape index (κ2) is 11.2. The molecule has 7 nitrogen and oxygen atoms in total. The molecule has 4 rings (SSSR count). The number of thiocarbonyl (C=S) groups is 1. The molecule has 1 unspecified atom stereocenters. The van der Waals surface area contributed by atoms with Crippen LogP contribution in [0, 0.1) is 0 Å². The maximum absolute atomic E-state index is 12.7. The predicted molar refractivity (Wildman–Crippen MR) is 142 cm³/mol. The van der Waals surface area contributed by atoms with E-state index < -0.39 is 17.9 Å². The van der Waals surface area contributed by atoms with Crippen molar-refractivity contribution in [3.8, 4) is 0 Å². The molecule has 2 aromatic carbocycles. The van der Waals surface area contributed by atoms with Crippen molar-refractivity contribution in [2.75, 3.05) is 6.54 Å². The van der Waals surface area contributed by atoms with Crippen molar-refractivity contribution in [3.05, 3.63) is 89.0 Å². The van der Waals surface area contributed by atoms with Gasteiger partial charge in [0.2, 0.25) is 5.91 Å². The summed E-state index contributed by atoms with van der Waals surface area (Å²) in [6.45, 7) is 0.0790. The number of thioether (sulfide) groups is 1. The zero-order valence-electron chi connectivity index (χ0n) is 18.6. The van der Waals surface area contributed by atoms with Gasteiger partial charge in [-0.2, -0.15) is 0 Å². The third-order valence-electron chi connectivity index (χ3n) is 5.50. The molecule has 1 fully saturated rings. The van der Waals surface area contributed by atoms with Crippen LogP contribution in [0.15, 0.2) is 77.9 Å². The van der Waals surface area contributed by atoms with Gasteiger partial charge in [0.1, 0.15) is 10.4 Å². The summed E-state index contributed by atoms with van der Waals surface area (Å²) in [6.07, 6.45) is 7.22. The van der Waals surface area contributed by atoms with E-state index in [0.29, 0.717) is 9.23 Å². The molecule has 1 aliphatic rings. The number of carboxylic acid groups (broad SMARTS) is 1. The molecule has 3 N–H and O–H groups in total. The Hall–Kier alpha value is -3.69. The third kappa shape index (κ3) is 6.06. The summed E-state index contributed by atoms with van der Waals surface area (Å²) in [5, 5.41) is 13.1. The number of benzene rings is 2. The normalized spacial score (nSPS) is 15.9. The van der Waals surface area contributed by atoms with Crippen LogP contribution >= 0.6 is 24.0 Å². The number of aromatic amines is 1. The van der Waals surface area contributed by atoms with Gasteiger partial charge in [0.05, 0.1) is 4.91 Å². The molecule has 0 spiro atoms. The molecule has 1 saturated heterocycles. The fraction of sp³-hybridized carbons (Fsp3) is 0.154. The average Bonchev–Trinajstić information content (AvgIpc) is 3.38. The Kier molecular flexibility index (Phi) is 7.79. The van der Waals surface area contributed by atoms with Gasteiger partial charge in [-0.3, -0.25) is 14.5 Å². The summed E-state index contributed by atoms with van der Waals surface area (Å²) in [7, 11) is 0. The second-order valence-electron chi connectivity index (χ2n) is 7.90. The van der Waals surface area contributed by atoms with Gasteiger partial charge >= 0.3 is 5.97 Å². The Morgan fingerprint density at radius 3 is 2.66 bits per heavy atom. The molecule has 0 aliphatic carbocycles. The maximum atomic E-state index is 12.7. The van der Waals surface area contributed by atoms with E-state index in [1.165, 1.54) is 16.7 Å². The van der Waals surface area contributed by atoms with Gasteiger partial charge in [-0.15, -0.1) is 0 Å². The standard InChI is InChI=1S/C26H23N3O4S2/c30-23(28-21(25(32)33)15-18-16-27-20-11-5-4-10-19(18)20)13-14-29-24(31)22(35-26(29)34)12-6-9-17-7-2-1-3-8-17/h1-12,16,21,27H,13-15H2,(H,28,30)(H,32,33). The number of amides is 2. The molecule has 0 radical (unpaired) electrons. The SMILES string of the molecule is O=C(CCN1C(=O)C(=CC=Cc2ccccc2)SC1=S)NC(Cc1c[nH]c2ccccc12)C(=O)O. The van der Waals surface area contributed by atoms with E-state index in [0.717, 1.165) is 22.0 Å². The summed E-state index contributed by atoms with van der Waals surface area (Å²) in [6, 6.07) is 16.2. The number of nitrogens with zero attached hydrogens (tertiary/aromatic N) is 1. The molecule has 3 aromatic rings. The zero-order chi connectivity index (χ0) is 24.8. The third-order valence-corrected chi connectivity index (χ3v) is 6.90. The van der Waals surface area contributed by atoms with Gasteiger partial charge in [0.25, 0.3) is 5.91 Å². The minimum absolute atomic E-state index is 0.0583. The lowest BCUT2D eigenvalue weighted by molar-refractivity contribution is -0.141. The van der Waals surface area contributed by atoms with Gasteiger partial charge in [0.15, 0.2) is 0 Å². The van der Waals surface area contributed by atoms with Crippen LogP contribution in [0.5, 0.6) is 0 Å². The summed E-state index contributed by atoms with van der Waals surface area (Å²) < 4.78 is 0.371. The molecule has 35 heavy (non-hydrogen) atoms. The van der Waals surface area contributed by atoms with E-state index in [1.54, 1.807) is 18.3 Å². The van der Waals surface area contributed by atoms with Crippen LogP contribution in [-0.4, -0.2) is 49.7 Å². The molecule has 1 aromatic heterocycles. The minimum Gasteiger partial charge on any atom is -0.480 e. The predicted octanol–water partition coefficient (Wildman–Crippen LogP) is 4.13. The number of carbonyl (C=O) groups is 3. The Balaban J connectivity index is 1.33. The first-order chi connectivity index (χ1) is 16.9. The van der Waals surface area contributed by atoms with Crippen molar-refractivity contribution in [2.45, 2.75) is 18.9 Å². The quantitative estimate of drug-likeness (QED) is 0.299. The van der Waals surface area contributed by atoms with Crippen molar-refractivity contribution < 1.29 is 19.5 Å². The highest BCUT2D eigenvalue weighted by Gasteiger charge is 2.32. The van der Waals surface area contributed by atoms with Crippen LogP contribution in [0.2, 0.25) is 0 Å². The molecule has 0 bridgehead atoms. The van der Waals surface area contributed by atoms with E-state index in [-0.39, 0.29) is 25.3 Å². The Morgan fingerprint density at radius 2 is 1.89 bits per heavy atom. The first-order valence-electron chi connectivity index (χ1n) is 11.0. The van der Waals surface area contributed by atoms with E-state index in [2.05, 4.69) is 10.3 Å². The van der Waals surface area contributed by atoms with Gasteiger partial charge in [-0.1, -0.05) is 84.7 Å². The number of carboxylic acids is 1. The number of hydrogen-bond acceptors (Lipinski definition) is 5. The van der Waals surface area contributed by atoms with Crippen LogP contribution in [0.4, 0.5) is 0 Å². The molecule has 2 heterocycles. The molecule has 9 heteroatoms. The van der Waals surface area contributed by atoms with E-state index in [1.807, 2.05) is 60.7 Å². The summed E-state index contributed by atoms with van der Waals surface area (Å²) in [5.41, 5.74) is 2.72. The van der Waals surface area contributed by atoms with Crippen LogP contribution < -0.4 is 5.32 Å². The minimum atomic E-state index is -1.12. The van der Waals surface area contributed by atoms with Crippen LogP contribution in [0.1, 0.15) is 17.5 Å². The first kappa shape index (κ1) is 24.4. The van der Waals surface area contributed by atoms with Crippen molar-refractivity contribution in [2.24, 2.45) is 0 Å². The lowest BCUT2D eigenvalue weighted by atomic mass is 10.0. The highest BCUT2D eigenvalue weighted by atomic mass is 32.2. The molecular weight excluding hydrogens is 482 g/mol. The lowest BCUT2D eigenvalue weighted by Crippen LogP contribution is -2.43. The van der Waals surface area contributed by atoms with Crippen LogP contribution in [0.3, 0.4) is 0 Å². The topological polar surface area (TPSA) is 103 Å². The Labute approximate surface area is 211 Å². The van der Waals surface area contributed by atoms with E-state index in [4.69, 9.17) is 12.2 Å². The number of para-hydroxylation sites is 1. The van der Waals surface area contributed by atoms with Gasteiger partial charge in [-0.05, 0) is 23.3 Å².